The van der Waals surface area contributed by atoms with E-state index in [-0.39, 0.29) is 6.04 Å². The highest BCUT2D eigenvalue weighted by Crippen LogP contribution is 2.42. The van der Waals surface area contributed by atoms with Gasteiger partial charge in [-0.1, -0.05) is 71.9 Å². The van der Waals surface area contributed by atoms with Crippen molar-refractivity contribution in [3.05, 3.63) is 35.9 Å². The molecule has 0 saturated heterocycles. The molecule has 20 heavy (non-hydrogen) atoms. The molecular weight excluding hydrogens is 262 g/mol. The van der Waals surface area contributed by atoms with Gasteiger partial charge in [-0.15, -0.1) is 0 Å². The van der Waals surface area contributed by atoms with E-state index < -0.39 is 8.32 Å². The summed E-state index contributed by atoms with van der Waals surface area (Å²) in [6.07, 6.45) is 0. The lowest BCUT2D eigenvalue weighted by atomic mass is 10.1. The van der Waals surface area contributed by atoms with E-state index in [9.17, 15) is 0 Å². The van der Waals surface area contributed by atoms with Crippen LogP contribution in [0.25, 0.3) is 0 Å². The van der Waals surface area contributed by atoms with Crippen molar-refractivity contribution in [1.82, 2.24) is 0 Å². The van der Waals surface area contributed by atoms with Crippen LogP contribution in [0.3, 0.4) is 0 Å². The Morgan fingerprint density at radius 2 is 1.35 bits per heavy atom. The van der Waals surface area contributed by atoms with Crippen molar-refractivity contribution < 1.29 is 4.43 Å². The molecule has 0 radical (unpaired) electrons. The van der Waals surface area contributed by atoms with Gasteiger partial charge in [0.25, 0.3) is 0 Å². The van der Waals surface area contributed by atoms with Crippen LogP contribution in [0.4, 0.5) is 0 Å². The van der Waals surface area contributed by atoms with Crippen LogP contribution >= 0.6 is 0 Å². The molecule has 2 nitrogen and oxygen atoms in total. The van der Waals surface area contributed by atoms with Gasteiger partial charge in [-0.25, -0.2) is 0 Å². The van der Waals surface area contributed by atoms with E-state index in [4.69, 9.17) is 10.2 Å². The second-order valence-electron chi connectivity index (χ2n) is 6.65. The lowest BCUT2D eigenvalue weighted by molar-refractivity contribution is 0.255. The van der Waals surface area contributed by atoms with E-state index in [0.29, 0.717) is 23.2 Å². The van der Waals surface area contributed by atoms with Crippen LogP contribution in [0.2, 0.25) is 16.6 Å². The third-order valence-electron chi connectivity index (χ3n) is 4.45. The average Bonchev–Trinajstić information content (AvgIpc) is 2.38. The third kappa shape index (κ3) is 3.71. The van der Waals surface area contributed by atoms with Gasteiger partial charge in [0.2, 0.25) is 0 Å². The van der Waals surface area contributed by atoms with Crippen molar-refractivity contribution in [3.8, 4) is 0 Å². The molecule has 0 fully saturated rings. The van der Waals surface area contributed by atoms with E-state index in [1.54, 1.807) is 0 Å². The second kappa shape index (κ2) is 7.39. The second-order valence-corrected chi connectivity index (χ2v) is 12.1. The predicted molar refractivity (Wildman–Crippen MR) is 90.4 cm³/mol. The van der Waals surface area contributed by atoms with Gasteiger partial charge in [-0.05, 0) is 22.2 Å². The van der Waals surface area contributed by atoms with Gasteiger partial charge in [0.15, 0.2) is 8.32 Å². The summed E-state index contributed by atoms with van der Waals surface area (Å²) in [7, 11) is -1.80. The van der Waals surface area contributed by atoms with Crippen LogP contribution in [-0.2, 0) is 4.43 Å². The van der Waals surface area contributed by atoms with Gasteiger partial charge in [0.1, 0.15) is 0 Å². The van der Waals surface area contributed by atoms with E-state index in [1.165, 1.54) is 0 Å². The highest BCUT2D eigenvalue weighted by Gasteiger charge is 2.45. The fraction of sp³-hybridized carbons (Fsp3) is 0.647. The zero-order valence-corrected chi connectivity index (χ0v) is 14.9. The molecule has 2 N–H and O–H groups in total. The summed E-state index contributed by atoms with van der Waals surface area (Å²) in [5.74, 6) is 0. The van der Waals surface area contributed by atoms with Crippen molar-refractivity contribution in [2.24, 2.45) is 5.73 Å². The van der Waals surface area contributed by atoms with E-state index in [0.717, 1.165) is 5.56 Å². The molecule has 0 aliphatic rings. The molecule has 114 valence electrons. The Kier molecular flexibility index (Phi) is 6.43. The summed E-state index contributed by atoms with van der Waals surface area (Å²) >= 11 is 0. The summed E-state index contributed by atoms with van der Waals surface area (Å²) in [6.45, 7) is 14.5. The molecule has 0 aliphatic heterocycles. The maximum Gasteiger partial charge on any atom is 0.200 e. The van der Waals surface area contributed by atoms with Gasteiger partial charge >= 0.3 is 0 Å². The molecule has 1 rings (SSSR count). The monoisotopic (exact) mass is 293 g/mol. The normalized spacial score (nSPS) is 14.3. The molecule has 0 aromatic heterocycles. The van der Waals surface area contributed by atoms with E-state index in [2.05, 4.69) is 53.7 Å². The lowest BCUT2D eigenvalue weighted by Crippen LogP contribution is -2.48. The summed E-state index contributed by atoms with van der Waals surface area (Å²) < 4.78 is 6.54. The Balaban J connectivity index is 2.82. The van der Waals surface area contributed by atoms with Crippen molar-refractivity contribution in [2.75, 3.05) is 6.61 Å². The zero-order chi connectivity index (χ0) is 15.3. The molecular formula is C17H31NOSi. The lowest BCUT2D eigenvalue weighted by Gasteiger charge is -2.42. The third-order valence-corrected chi connectivity index (χ3v) is 10.5. The van der Waals surface area contributed by atoms with Gasteiger partial charge in [-0.3, -0.25) is 0 Å². The zero-order valence-electron chi connectivity index (χ0n) is 13.9. The van der Waals surface area contributed by atoms with Crippen LogP contribution < -0.4 is 5.73 Å². The van der Waals surface area contributed by atoms with Crippen LogP contribution in [0.5, 0.6) is 0 Å². The SMILES string of the molecule is CC(C)[Si](OC[C@@H](N)c1ccccc1)(C(C)C)C(C)C. The summed E-state index contributed by atoms with van der Waals surface area (Å²) in [4.78, 5) is 0. The Morgan fingerprint density at radius 3 is 1.75 bits per heavy atom. The number of rotatable bonds is 7. The molecule has 0 aliphatic carbocycles. The molecule has 0 bridgehead atoms. The smallest absolute Gasteiger partial charge is 0.200 e. The van der Waals surface area contributed by atoms with Gasteiger partial charge in [0, 0.05) is 0 Å². The number of hydrogen-bond acceptors (Lipinski definition) is 2. The van der Waals surface area contributed by atoms with Crippen LogP contribution in [0.1, 0.15) is 53.1 Å². The van der Waals surface area contributed by atoms with Crippen LogP contribution in [-0.4, -0.2) is 14.9 Å². The van der Waals surface area contributed by atoms with Crippen LogP contribution in [0.15, 0.2) is 30.3 Å². The van der Waals surface area contributed by atoms with E-state index >= 15 is 0 Å². The van der Waals surface area contributed by atoms with Crippen molar-refractivity contribution >= 4 is 8.32 Å². The Hall–Kier alpha value is -0.643. The molecule has 0 amide bonds. The van der Waals surface area contributed by atoms with Gasteiger partial charge < -0.3 is 10.2 Å². The molecule has 0 heterocycles. The summed E-state index contributed by atoms with van der Waals surface area (Å²) in [5.41, 5.74) is 9.27. The number of nitrogens with two attached hydrogens (primary N) is 1. The minimum Gasteiger partial charge on any atom is -0.414 e. The first-order chi connectivity index (χ1) is 9.32. The topological polar surface area (TPSA) is 35.2 Å². The maximum atomic E-state index is 6.54. The van der Waals surface area contributed by atoms with Gasteiger partial charge in [-0.2, -0.15) is 0 Å². The van der Waals surface area contributed by atoms with Gasteiger partial charge in [0.05, 0.1) is 12.6 Å². The fourth-order valence-electron chi connectivity index (χ4n) is 3.53. The maximum absolute atomic E-state index is 6.54. The highest BCUT2D eigenvalue weighted by atomic mass is 28.4. The minimum atomic E-state index is -1.80. The number of benzene rings is 1. The molecule has 1 atom stereocenters. The molecule has 0 saturated carbocycles. The molecule has 0 spiro atoms. The fourth-order valence-corrected chi connectivity index (χ4v) is 9.00. The van der Waals surface area contributed by atoms with Crippen molar-refractivity contribution in [3.63, 3.8) is 0 Å². The predicted octanol–water partition coefficient (Wildman–Crippen LogP) is 4.88. The Bertz CT molecular complexity index is 367. The van der Waals surface area contributed by atoms with Crippen LogP contribution in [0, 0.1) is 0 Å². The quantitative estimate of drug-likeness (QED) is 0.727. The first-order valence-corrected chi connectivity index (χ1v) is 9.90. The summed E-state index contributed by atoms with van der Waals surface area (Å²) in [6, 6.07) is 10.2. The van der Waals surface area contributed by atoms with Crippen molar-refractivity contribution in [1.29, 1.82) is 0 Å². The minimum absolute atomic E-state index is 0.0284. The molecule has 1 aromatic rings. The van der Waals surface area contributed by atoms with E-state index in [1.807, 2.05) is 18.2 Å². The largest absolute Gasteiger partial charge is 0.414 e. The average molecular weight is 294 g/mol. The first kappa shape index (κ1) is 17.4. The molecule has 0 unspecified atom stereocenters. The first-order valence-electron chi connectivity index (χ1n) is 7.76. The number of hydrogen-bond donors (Lipinski definition) is 1. The van der Waals surface area contributed by atoms with Crippen molar-refractivity contribution in [2.45, 2.75) is 64.2 Å². The Morgan fingerprint density at radius 1 is 0.900 bits per heavy atom. The highest BCUT2D eigenvalue weighted by molar-refractivity contribution is 6.77. The Labute approximate surface area is 125 Å². The molecule has 3 heteroatoms. The molecule has 1 aromatic carbocycles. The standard InChI is InChI=1S/C17H31NOSi/c1-13(2)20(14(3)4,15(5)6)19-12-17(18)16-10-8-7-9-11-16/h7-11,13-15,17H,12,18H2,1-6H3/t17-/m1/s1. The summed E-state index contributed by atoms with van der Waals surface area (Å²) in [5, 5.41) is 0.